The molecule has 0 bridgehead atoms. The molecule has 0 heterocycles. The predicted octanol–water partition coefficient (Wildman–Crippen LogP) is 4.95. The highest BCUT2D eigenvalue weighted by Gasteiger charge is 2.21. The van der Waals surface area contributed by atoms with Gasteiger partial charge in [0, 0.05) is 26.1 Å². The van der Waals surface area contributed by atoms with Crippen molar-refractivity contribution in [3.63, 3.8) is 0 Å². The molecule has 5 heteroatoms. The highest BCUT2D eigenvalue weighted by Crippen LogP contribution is 2.12. The minimum atomic E-state index is -0.540. The largest absolute Gasteiger partial charge is 0.444 e. The maximum Gasteiger partial charge on any atom is 0.410 e. The summed E-state index contributed by atoms with van der Waals surface area (Å²) in [7, 11) is 0. The SMILES string of the molecule is CC(C)(C)OC(=O)N(CCCC(=O)NCc1ccccc1)CCCc1ccccc1. The van der Waals surface area contributed by atoms with E-state index in [-0.39, 0.29) is 12.0 Å². The summed E-state index contributed by atoms with van der Waals surface area (Å²) in [5.41, 5.74) is 1.78. The zero-order valence-corrected chi connectivity index (χ0v) is 18.4. The minimum absolute atomic E-state index is 0.00715. The normalized spacial score (nSPS) is 11.0. The third-order valence-corrected chi connectivity index (χ3v) is 4.55. The second-order valence-corrected chi connectivity index (χ2v) is 8.42. The smallest absolute Gasteiger partial charge is 0.410 e. The molecule has 0 saturated carbocycles. The topological polar surface area (TPSA) is 58.6 Å². The summed E-state index contributed by atoms with van der Waals surface area (Å²) in [5.74, 6) is -0.00715. The van der Waals surface area contributed by atoms with Gasteiger partial charge in [0.1, 0.15) is 5.60 Å². The number of nitrogens with one attached hydrogen (secondary N) is 1. The van der Waals surface area contributed by atoms with Gasteiger partial charge in [-0.3, -0.25) is 4.79 Å². The quantitative estimate of drug-likeness (QED) is 0.603. The number of nitrogens with zero attached hydrogens (tertiary/aromatic N) is 1. The molecule has 30 heavy (non-hydrogen) atoms. The Bertz CT molecular complexity index is 770. The summed E-state index contributed by atoms with van der Waals surface area (Å²) in [6, 6.07) is 20.1. The zero-order chi connectivity index (χ0) is 21.8. The summed E-state index contributed by atoms with van der Waals surface area (Å²) in [5, 5.41) is 2.93. The first-order chi connectivity index (χ1) is 14.3. The van der Waals surface area contributed by atoms with E-state index in [1.165, 1.54) is 5.56 Å². The van der Waals surface area contributed by atoms with Crippen LogP contribution in [0.5, 0.6) is 0 Å². The molecule has 0 aliphatic rings. The lowest BCUT2D eigenvalue weighted by molar-refractivity contribution is -0.121. The maximum absolute atomic E-state index is 12.6. The molecule has 0 spiro atoms. The summed E-state index contributed by atoms with van der Waals surface area (Å²) >= 11 is 0. The number of carbonyl (C=O) groups excluding carboxylic acids is 2. The van der Waals surface area contributed by atoms with Gasteiger partial charge in [0.05, 0.1) is 0 Å². The van der Waals surface area contributed by atoms with Gasteiger partial charge < -0.3 is 15.0 Å². The van der Waals surface area contributed by atoms with Crippen molar-refractivity contribution in [1.82, 2.24) is 10.2 Å². The van der Waals surface area contributed by atoms with Crippen molar-refractivity contribution >= 4 is 12.0 Å². The van der Waals surface area contributed by atoms with Gasteiger partial charge in [-0.2, -0.15) is 0 Å². The third kappa shape index (κ3) is 9.59. The van der Waals surface area contributed by atoms with E-state index < -0.39 is 5.60 Å². The molecule has 0 unspecified atom stereocenters. The van der Waals surface area contributed by atoms with Gasteiger partial charge in [0.2, 0.25) is 5.91 Å². The van der Waals surface area contributed by atoms with Crippen LogP contribution in [-0.2, 0) is 22.5 Å². The zero-order valence-electron chi connectivity index (χ0n) is 18.4. The van der Waals surface area contributed by atoms with E-state index in [4.69, 9.17) is 4.74 Å². The Kier molecular flexibility index (Phi) is 9.39. The van der Waals surface area contributed by atoms with E-state index in [1.54, 1.807) is 4.90 Å². The van der Waals surface area contributed by atoms with Gasteiger partial charge >= 0.3 is 6.09 Å². The first-order valence-electron chi connectivity index (χ1n) is 10.7. The number of rotatable bonds is 10. The van der Waals surface area contributed by atoms with E-state index in [9.17, 15) is 9.59 Å². The van der Waals surface area contributed by atoms with Gasteiger partial charge in [0.25, 0.3) is 0 Å². The van der Waals surface area contributed by atoms with E-state index in [2.05, 4.69) is 17.4 Å². The van der Waals surface area contributed by atoms with Crippen LogP contribution in [0.3, 0.4) is 0 Å². The van der Waals surface area contributed by atoms with E-state index in [0.29, 0.717) is 32.5 Å². The Balaban J connectivity index is 1.79. The van der Waals surface area contributed by atoms with E-state index in [1.807, 2.05) is 69.3 Å². The Hall–Kier alpha value is -2.82. The minimum Gasteiger partial charge on any atom is -0.444 e. The number of carbonyl (C=O) groups is 2. The van der Waals surface area contributed by atoms with Crippen molar-refractivity contribution in [2.75, 3.05) is 13.1 Å². The van der Waals surface area contributed by atoms with Gasteiger partial charge in [0.15, 0.2) is 0 Å². The molecule has 0 aliphatic heterocycles. The lowest BCUT2D eigenvalue weighted by Gasteiger charge is -2.27. The fraction of sp³-hybridized carbons (Fsp3) is 0.440. The average Bonchev–Trinajstić information content (AvgIpc) is 2.71. The molecule has 5 nitrogen and oxygen atoms in total. The van der Waals surface area contributed by atoms with Crippen LogP contribution in [0.2, 0.25) is 0 Å². The van der Waals surface area contributed by atoms with Crippen LogP contribution in [0.25, 0.3) is 0 Å². The number of amides is 2. The number of ether oxygens (including phenoxy) is 1. The molecule has 2 rings (SSSR count). The lowest BCUT2D eigenvalue weighted by Crippen LogP contribution is -2.38. The van der Waals surface area contributed by atoms with Gasteiger partial charge in [-0.1, -0.05) is 60.7 Å². The molecule has 0 aliphatic carbocycles. The predicted molar refractivity (Wildman–Crippen MR) is 120 cm³/mol. The molecular weight excluding hydrogens is 376 g/mol. The monoisotopic (exact) mass is 410 g/mol. The summed E-state index contributed by atoms with van der Waals surface area (Å²) in [4.78, 5) is 26.5. The first-order valence-corrected chi connectivity index (χ1v) is 10.7. The molecule has 0 fully saturated rings. The van der Waals surface area contributed by atoms with E-state index >= 15 is 0 Å². The molecule has 162 valence electrons. The van der Waals surface area contributed by atoms with Crippen LogP contribution >= 0.6 is 0 Å². The van der Waals surface area contributed by atoms with Crippen LogP contribution in [0.1, 0.15) is 51.2 Å². The maximum atomic E-state index is 12.6. The van der Waals surface area contributed by atoms with E-state index in [0.717, 1.165) is 18.4 Å². The van der Waals surface area contributed by atoms with Gasteiger partial charge in [-0.25, -0.2) is 4.79 Å². The van der Waals surface area contributed by atoms with Gasteiger partial charge in [-0.15, -0.1) is 0 Å². The Labute approximate surface area is 180 Å². The lowest BCUT2D eigenvalue weighted by atomic mass is 10.1. The molecule has 0 radical (unpaired) electrons. The average molecular weight is 411 g/mol. The van der Waals surface area contributed by atoms with Crippen molar-refractivity contribution in [3.8, 4) is 0 Å². The number of hydrogen-bond acceptors (Lipinski definition) is 3. The van der Waals surface area contributed by atoms with Crippen molar-refractivity contribution in [1.29, 1.82) is 0 Å². The molecular formula is C25H34N2O3. The summed E-state index contributed by atoms with van der Waals surface area (Å²) in [6.07, 6.45) is 2.41. The fourth-order valence-corrected chi connectivity index (χ4v) is 3.05. The Morgan fingerprint density at radius 2 is 1.43 bits per heavy atom. The Morgan fingerprint density at radius 3 is 2.03 bits per heavy atom. The second-order valence-electron chi connectivity index (χ2n) is 8.42. The molecule has 2 amide bonds. The fourth-order valence-electron chi connectivity index (χ4n) is 3.05. The number of benzene rings is 2. The molecule has 2 aromatic rings. The summed E-state index contributed by atoms with van der Waals surface area (Å²) in [6.45, 7) is 7.22. The molecule has 0 atom stereocenters. The molecule has 0 saturated heterocycles. The first kappa shape index (κ1) is 23.5. The van der Waals surface area contributed by atoms with Crippen LogP contribution < -0.4 is 5.32 Å². The van der Waals surface area contributed by atoms with Gasteiger partial charge in [-0.05, 0) is 51.2 Å². The van der Waals surface area contributed by atoms with Crippen molar-refractivity contribution in [2.45, 2.75) is 58.6 Å². The Morgan fingerprint density at radius 1 is 0.867 bits per heavy atom. The number of hydrogen-bond donors (Lipinski definition) is 1. The van der Waals surface area contributed by atoms with Crippen molar-refractivity contribution in [2.24, 2.45) is 0 Å². The molecule has 0 aromatic heterocycles. The highest BCUT2D eigenvalue weighted by molar-refractivity contribution is 5.76. The molecule has 2 aromatic carbocycles. The van der Waals surface area contributed by atoms with Crippen LogP contribution in [-0.4, -0.2) is 35.6 Å². The van der Waals surface area contributed by atoms with Crippen LogP contribution in [0, 0.1) is 0 Å². The number of aryl methyl sites for hydroxylation is 1. The van der Waals surface area contributed by atoms with Crippen molar-refractivity contribution < 1.29 is 14.3 Å². The third-order valence-electron chi connectivity index (χ3n) is 4.55. The van der Waals surface area contributed by atoms with Crippen LogP contribution in [0.4, 0.5) is 4.79 Å². The standard InChI is InChI=1S/C25H34N2O3/c1-25(2,3)30-24(29)27(18-10-16-21-12-6-4-7-13-21)19-11-17-23(28)26-20-22-14-8-5-9-15-22/h4-9,12-15H,10-11,16-20H2,1-3H3,(H,26,28). The molecule has 1 N–H and O–H groups in total. The highest BCUT2D eigenvalue weighted by atomic mass is 16.6. The second kappa shape index (κ2) is 12.0. The van der Waals surface area contributed by atoms with Crippen LogP contribution in [0.15, 0.2) is 60.7 Å². The van der Waals surface area contributed by atoms with Crippen molar-refractivity contribution in [3.05, 3.63) is 71.8 Å². The summed E-state index contributed by atoms with van der Waals surface area (Å²) < 4.78 is 5.55.